The minimum atomic E-state index is -0.709. The summed E-state index contributed by atoms with van der Waals surface area (Å²) >= 11 is 0. The van der Waals surface area contributed by atoms with Gasteiger partial charge in [-0.25, -0.2) is 4.79 Å². The molecule has 3 aromatic carbocycles. The van der Waals surface area contributed by atoms with E-state index in [-0.39, 0.29) is 40.9 Å². The van der Waals surface area contributed by atoms with Gasteiger partial charge in [0, 0.05) is 5.56 Å². The van der Waals surface area contributed by atoms with Gasteiger partial charge in [-0.3, -0.25) is 19.3 Å². The largest absolute Gasteiger partial charge is 0.497 e. The zero-order chi connectivity index (χ0) is 25.9. The van der Waals surface area contributed by atoms with Crippen LogP contribution in [0.4, 0.5) is 5.69 Å². The number of hydrogen-bond acceptors (Lipinski definition) is 6. The summed E-state index contributed by atoms with van der Waals surface area (Å²) in [5, 5.41) is 0. The Morgan fingerprint density at radius 2 is 1.57 bits per heavy atom. The van der Waals surface area contributed by atoms with Crippen molar-refractivity contribution in [3.05, 3.63) is 95.6 Å². The molecule has 0 aromatic heterocycles. The minimum Gasteiger partial charge on any atom is -0.497 e. The van der Waals surface area contributed by atoms with E-state index in [2.05, 4.69) is 12.1 Å². The first-order valence-corrected chi connectivity index (χ1v) is 12.3. The van der Waals surface area contributed by atoms with Gasteiger partial charge in [-0.1, -0.05) is 48.5 Å². The highest BCUT2D eigenvalue weighted by Gasteiger charge is 2.50. The maximum absolute atomic E-state index is 13.4. The van der Waals surface area contributed by atoms with Crippen molar-refractivity contribution in [2.45, 2.75) is 25.2 Å². The van der Waals surface area contributed by atoms with E-state index >= 15 is 0 Å². The number of rotatable bonds is 7. The van der Waals surface area contributed by atoms with Gasteiger partial charge < -0.3 is 9.47 Å². The Bertz CT molecular complexity index is 1350. The molecule has 3 atom stereocenters. The molecule has 1 aliphatic heterocycles. The van der Waals surface area contributed by atoms with E-state index in [4.69, 9.17) is 9.47 Å². The third-order valence-electron chi connectivity index (χ3n) is 7.26. The molecule has 0 N–H and O–H groups in total. The Morgan fingerprint density at radius 1 is 0.838 bits per heavy atom. The van der Waals surface area contributed by atoms with Gasteiger partial charge in [0.25, 0.3) is 0 Å². The number of carbonyl (C=O) groups is 4. The molecule has 0 unspecified atom stereocenters. The highest BCUT2D eigenvalue weighted by Crippen LogP contribution is 2.45. The topological polar surface area (TPSA) is 90.0 Å². The first kappa shape index (κ1) is 24.4. The molecule has 0 radical (unpaired) electrons. The molecule has 0 bridgehead atoms. The average Bonchev–Trinajstić information content (AvgIpc) is 3.20. The molecule has 37 heavy (non-hydrogen) atoms. The number of ether oxygens (including phenoxy) is 2. The summed E-state index contributed by atoms with van der Waals surface area (Å²) in [7, 11) is 1.50. The molecule has 1 heterocycles. The van der Waals surface area contributed by atoms with Gasteiger partial charge in [0.2, 0.25) is 11.8 Å². The number of ketones is 1. The molecule has 188 valence electrons. The van der Waals surface area contributed by atoms with Crippen LogP contribution in [-0.2, 0) is 14.3 Å². The zero-order valence-corrected chi connectivity index (χ0v) is 20.5. The molecule has 0 spiro atoms. The Balaban J connectivity index is 1.27. The molecule has 2 aliphatic rings. The van der Waals surface area contributed by atoms with Crippen molar-refractivity contribution >= 4 is 29.3 Å². The number of amides is 2. The Morgan fingerprint density at radius 3 is 2.35 bits per heavy atom. The summed E-state index contributed by atoms with van der Waals surface area (Å²) in [5.41, 5.74) is 2.06. The first-order valence-electron chi connectivity index (χ1n) is 12.3. The van der Waals surface area contributed by atoms with E-state index in [1.807, 2.05) is 18.2 Å². The number of methoxy groups -OCH3 is 1. The van der Waals surface area contributed by atoms with Crippen LogP contribution < -0.4 is 9.64 Å². The molecule has 3 aromatic rings. The first-order chi connectivity index (χ1) is 18.0. The molecule has 7 nitrogen and oxygen atoms in total. The van der Waals surface area contributed by atoms with Crippen LogP contribution in [0.25, 0.3) is 0 Å². The van der Waals surface area contributed by atoms with Crippen LogP contribution in [0, 0.1) is 11.8 Å². The lowest BCUT2D eigenvalue weighted by atomic mass is 9.73. The Labute approximate surface area is 215 Å². The fraction of sp³-hybridized carbons (Fsp3) is 0.267. The van der Waals surface area contributed by atoms with Gasteiger partial charge in [-0.2, -0.15) is 0 Å². The van der Waals surface area contributed by atoms with E-state index in [0.29, 0.717) is 29.8 Å². The number of esters is 1. The lowest BCUT2D eigenvalue weighted by molar-refractivity contribution is -0.122. The molecule has 7 heteroatoms. The number of carbonyl (C=O) groups excluding carboxylic acids is 4. The molecule has 5 rings (SSSR count). The second kappa shape index (κ2) is 10.4. The maximum atomic E-state index is 13.4. The van der Waals surface area contributed by atoms with Crippen molar-refractivity contribution in [1.82, 2.24) is 0 Å². The van der Waals surface area contributed by atoms with Gasteiger partial charge in [0.05, 0.1) is 30.2 Å². The molecule has 1 saturated heterocycles. The molecule has 1 saturated carbocycles. The normalized spacial score (nSPS) is 20.9. The second-order valence-corrected chi connectivity index (χ2v) is 9.43. The average molecular weight is 498 g/mol. The lowest BCUT2D eigenvalue weighted by Crippen LogP contribution is -2.31. The van der Waals surface area contributed by atoms with Crippen LogP contribution in [0.2, 0.25) is 0 Å². The number of anilines is 1. The number of imide groups is 1. The van der Waals surface area contributed by atoms with E-state index < -0.39 is 12.6 Å². The molecule has 1 aliphatic carbocycles. The van der Waals surface area contributed by atoms with Crippen molar-refractivity contribution in [1.29, 1.82) is 0 Å². The SMILES string of the molecule is COc1cccc(C(=O)COC(=O)c2cccc(N3C(=O)[C@@H]4CC[C@@H](c5ccccc5)C[C@H]4C3=O)c2)c1. The van der Waals surface area contributed by atoms with Crippen LogP contribution in [0.1, 0.15) is 51.5 Å². The van der Waals surface area contributed by atoms with Crippen molar-refractivity contribution in [2.24, 2.45) is 11.8 Å². The maximum Gasteiger partial charge on any atom is 0.338 e. The predicted molar refractivity (Wildman–Crippen MR) is 137 cm³/mol. The number of benzene rings is 3. The van der Waals surface area contributed by atoms with Crippen LogP contribution in [-0.4, -0.2) is 37.3 Å². The zero-order valence-electron chi connectivity index (χ0n) is 20.5. The second-order valence-electron chi connectivity index (χ2n) is 9.43. The fourth-order valence-electron chi connectivity index (χ4n) is 5.33. The lowest BCUT2D eigenvalue weighted by Gasteiger charge is -2.28. The van der Waals surface area contributed by atoms with Crippen LogP contribution in [0.3, 0.4) is 0 Å². The van der Waals surface area contributed by atoms with Crippen LogP contribution >= 0.6 is 0 Å². The summed E-state index contributed by atoms with van der Waals surface area (Å²) in [6.07, 6.45) is 2.13. The molecular weight excluding hydrogens is 470 g/mol. The molecular formula is C30H27NO6. The van der Waals surface area contributed by atoms with Crippen molar-refractivity contribution in [3.8, 4) is 5.75 Å². The van der Waals surface area contributed by atoms with Crippen molar-refractivity contribution < 1.29 is 28.7 Å². The van der Waals surface area contributed by atoms with Crippen molar-refractivity contribution in [3.63, 3.8) is 0 Å². The van der Waals surface area contributed by atoms with Gasteiger partial charge in [0.1, 0.15) is 5.75 Å². The van der Waals surface area contributed by atoms with E-state index in [1.165, 1.54) is 29.7 Å². The highest BCUT2D eigenvalue weighted by molar-refractivity contribution is 6.22. The standard InChI is InChI=1S/C30H27NO6/c1-36-24-12-6-9-21(16-24)27(32)18-37-30(35)22-10-5-11-23(15-22)31-28(33)25-14-13-20(17-26(25)29(31)34)19-7-3-2-4-8-19/h2-12,15-16,20,25-26H,13-14,17-18H2,1H3/t20-,25-,26-/m1/s1. The number of Topliss-reactive ketones (excluding diaryl/α,β-unsaturated/α-hetero) is 1. The number of nitrogens with zero attached hydrogens (tertiary/aromatic N) is 1. The Hall–Kier alpha value is -4.26. The van der Waals surface area contributed by atoms with E-state index in [1.54, 1.807) is 36.4 Å². The Kier molecular flexibility index (Phi) is 6.86. The van der Waals surface area contributed by atoms with Gasteiger partial charge >= 0.3 is 5.97 Å². The summed E-state index contributed by atoms with van der Waals surface area (Å²) in [4.78, 5) is 53.0. The van der Waals surface area contributed by atoms with Gasteiger partial charge in [0.15, 0.2) is 12.4 Å². The molecule has 2 fully saturated rings. The summed E-state index contributed by atoms with van der Waals surface area (Å²) in [6, 6.07) is 22.9. The summed E-state index contributed by atoms with van der Waals surface area (Å²) in [6.45, 7) is -0.442. The summed E-state index contributed by atoms with van der Waals surface area (Å²) < 4.78 is 10.4. The van der Waals surface area contributed by atoms with Gasteiger partial charge in [-0.05, 0) is 61.1 Å². The summed E-state index contributed by atoms with van der Waals surface area (Å²) in [5.74, 6) is -1.48. The third-order valence-corrected chi connectivity index (χ3v) is 7.26. The smallest absolute Gasteiger partial charge is 0.338 e. The predicted octanol–water partition coefficient (Wildman–Crippen LogP) is 4.81. The quantitative estimate of drug-likeness (QED) is 0.264. The monoisotopic (exact) mass is 497 g/mol. The van der Waals surface area contributed by atoms with E-state index in [9.17, 15) is 19.2 Å². The van der Waals surface area contributed by atoms with E-state index in [0.717, 1.165) is 6.42 Å². The van der Waals surface area contributed by atoms with Crippen molar-refractivity contribution in [2.75, 3.05) is 18.6 Å². The van der Waals surface area contributed by atoms with Crippen LogP contribution in [0.15, 0.2) is 78.9 Å². The number of fused-ring (bicyclic) bond motifs is 1. The third kappa shape index (κ3) is 4.89. The minimum absolute atomic E-state index is 0.161. The van der Waals surface area contributed by atoms with Gasteiger partial charge in [-0.15, -0.1) is 0 Å². The number of hydrogen-bond donors (Lipinski definition) is 0. The van der Waals surface area contributed by atoms with Crippen LogP contribution in [0.5, 0.6) is 5.75 Å². The molecule has 2 amide bonds. The fourth-order valence-corrected chi connectivity index (χ4v) is 5.33. The highest BCUT2D eigenvalue weighted by atomic mass is 16.5.